The first-order valence-corrected chi connectivity index (χ1v) is 6.06. The lowest BCUT2D eigenvalue weighted by atomic mass is 9.96. The van der Waals surface area contributed by atoms with E-state index in [1.165, 1.54) is 0 Å². The largest absolute Gasteiger partial charge is 0.481 e. The van der Waals surface area contributed by atoms with E-state index in [0.29, 0.717) is 12.3 Å². The standard InChI is InChI=1S/C12H21NO3/c1-3-9(7-11(14)15)13-12(16)10-6-4-5-8(10)2/h8-10H,3-7H2,1-2H3,(H,13,16)(H,14,15). The minimum Gasteiger partial charge on any atom is -0.481 e. The number of nitrogens with one attached hydrogen (secondary N) is 1. The van der Waals surface area contributed by atoms with Crippen molar-refractivity contribution >= 4 is 11.9 Å². The Morgan fingerprint density at radius 2 is 2.12 bits per heavy atom. The zero-order valence-electron chi connectivity index (χ0n) is 10.0. The summed E-state index contributed by atoms with van der Waals surface area (Å²) in [5.41, 5.74) is 0. The van der Waals surface area contributed by atoms with Gasteiger partial charge in [0.15, 0.2) is 0 Å². The van der Waals surface area contributed by atoms with Crippen LogP contribution < -0.4 is 5.32 Å². The molecule has 0 aromatic carbocycles. The number of rotatable bonds is 5. The van der Waals surface area contributed by atoms with Crippen LogP contribution in [0.25, 0.3) is 0 Å². The van der Waals surface area contributed by atoms with Gasteiger partial charge in [0.2, 0.25) is 5.91 Å². The highest BCUT2D eigenvalue weighted by atomic mass is 16.4. The van der Waals surface area contributed by atoms with Crippen LogP contribution in [0.5, 0.6) is 0 Å². The quantitative estimate of drug-likeness (QED) is 0.752. The molecule has 16 heavy (non-hydrogen) atoms. The van der Waals surface area contributed by atoms with Gasteiger partial charge < -0.3 is 10.4 Å². The number of carbonyl (C=O) groups is 2. The van der Waals surface area contributed by atoms with Crippen molar-refractivity contribution in [2.75, 3.05) is 0 Å². The fraction of sp³-hybridized carbons (Fsp3) is 0.833. The maximum atomic E-state index is 11.9. The molecule has 0 aliphatic heterocycles. The Hall–Kier alpha value is -1.06. The smallest absolute Gasteiger partial charge is 0.305 e. The van der Waals surface area contributed by atoms with Gasteiger partial charge in [-0.1, -0.05) is 20.3 Å². The van der Waals surface area contributed by atoms with Crippen LogP contribution in [-0.2, 0) is 9.59 Å². The van der Waals surface area contributed by atoms with Crippen molar-refractivity contribution in [3.8, 4) is 0 Å². The number of amides is 1. The lowest BCUT2D eigenvalue weighted by molar-refractivity contribution is -0.137. The molecule has 1 rings (SSSR count). The fourth-order valence-electron chi connectivity index (χ4n) is 2.35. The van der Waals surface area contributed by atoms with Crippen LogP contribution in [0.2, 0.25) is 0 Å². The van der Waals surface area contributed by atoms with Crippen molar-refractivity contribution in [2.45, 2.75) is 52.0 Å². The van der Waals surface area contributed by atoms with E-state index in [-0.39, 0.29) is 24.3 Å². The summed E-state index contributed by atoms with van der Waals surface area (Å²) in [6.07, 6.45) is 3.84. The van der Waals surface area contributed by atoms with Gasteiger partial charge in [-0.3, -0.25) is 9.59 Å². The van der Waals surface area contributed by atoms with Crippen LogP contribution in [0.4, 0.5) is 0 Å². The average molecular weight is 227 g/mol. The molecule has 1 aliphatic rings. The van der Waals surface area contributed by atoms with Crippen molar-refractivity contribution in [1.82, 2.24) is 5.32 Å². The summed E-state index contributed by atoms with van der Waals surface area (Å²) in [5, 5.41) is 11.5. The van der Waals surface area contributed by atoms with Gasteiger partial charge in [-0.15, -0.1) is 0 Å². The van der Waals surface area contributed by atoms with E-state index >= 15 is 0 Å². The number of carbonyl (C=O) groups excluding carboxylic acids is 1. The normalized spacial score (nSPS) is 26.4. The summed E-state index contributed by atoms with van der Waals surface area (Å²) in [7, 11) is 0. The summed E-state index contributed by atoms with van der Waals surface area (Å²) in [6.45, 7) is 3.99. The summed E-state index contributed by atoms with van der Waals surface area (Å²) >= 11 is 0. The number of aliphatic carboxylic acids is 1. The van der Waals surface area contributed by atoms with Gasteiger partial charge in [-0.25, -0.2) is 0 Å². The summed E-state index contributed by atoms with van der Waals surface area (Å²) in [5.74, 6) is -0.296. The zero-order valence-corrected chi connectivity index (χ0v) is 10.0. The molecule has 2 N–H and O–H groups in total. The second-order valence-electron chi connectivity index (χ2n) is 4.73. The SMILES string of the molecule is CCC(CC(=O)O)NC(=O)C1CCCC1C. The Morgan fingerprint density at radius 3 is 2.56 bits per heavy atom. The first-order chi connectivity index (χ1) is 7.54. The van der Waals surface area contributed by atoms with Crippen LogP contribution in [0.1, 0.15) is 46.0 Å². The van der Waals surface area contributed by atoms with Gasteiger partial charge in [0.1, 0.15) is 0 Å². The fourth-order valence-corrected chi connectivity index (χ4v) is 2.35. The van der Waals surface area contributed by atoms with Gasteiger partial charge in [-0.05, 0) is 25.2 Å². The van der Waals surface area contributed by atoms with E-state index in [9.17, 15) is 9.59 Å². The zero-order chi connectivity index (χ0) is 12.1. The Labute approximate surface area is 96.4 Å². The molecular formula is C12H21NO3. The molecule has 0 bridgehead atoms. The predicted octanol–water partition coefficient (Wildman–Crippen LogP) is 1.79. The minimum absolute atomic E-state index is 0.0172. The third-order valence-corrected chi connectivity index (χ3v) is 3.46. The third-order valence-electron chi connectivity index (χ3n) is 3.46. The lowest BCUT2D eigenvalue weighted by Crippen LogP contribution is -2.40. The molecule has 92 valence electrons. The van der Waals surface area contributed by atoms with E-state index in [4.69, 9.17) is 5.11 Å². The molecule has 4 heteroatoms. The van der Waals surface area contributed by atoms with Crippen molar-refractivity contribution in [1.29, 1.82) is 0 Å². The Kier molecular flexibility index (Phi) is 4.77. The molecule has 0 heterocycles. The molecule has 0 saturated heterocycles. The molecule has 1 fully saturated rings. The van der Waals surface area contributed by atoms with E-state index in [1.807, 2.05) is 6.92 Å². The van der Waals surface area contributed by atoms with Crippen molar-refractivity contribution in [3.05, 3.63) is 0 Å². The second-order valence-corrected chi connectivity index (χ2v) is 4.73. The Morgan fingerprint density at radius 1 is 1.44 bits per heavy atom. The molecule has 3 atom stereocenters. The summed E-state index contributed by atoms with van der Waals surface area (Å²) in [4.78, 5) is 22.5. The van der Waals surface area contributed by atoms with E-state index in [0.717, 1.165) is 19.3 Å². The van der Waals surface area contributed by atoms with E-state index in [2.05, 4.69) is 12.2 Å². The highest BCUT2D eigenvalue weighted by Crippen LogP contribution is 2.31. The molecule has 3 unspecified atom stereocenters. The number of hydrogen-bond donors (Lipinski definition) is 2. The highest BCUT2D eigenvalue weighted by Gasteiger charge is 2.30. The maximum absolute atomic E-state index is 11.9. The van der Waals surface area contributed by atoms with Gasteiger partial charge in [-0.2, -0.15) is 0 Å². The van der Waals surface area contributed by atoms with E-state index < -0.39 is 5.97 Å². The van der Waals surface area contributed by atoms with Gasteiger partial charge >= 0.3 is 5.97 Å². The molecule has 4 nitrogen and oxygen atoms in total. The van der Waals surface area contributed by atoms with Crippen LogP contribution in [0, 0.1) is 11.8 Å². The Bertz CT molecular complexity index is 265. The van der Waals surface area contributed by atoms with Crippen LogP contribution >= 0.6 is 0 Å². The average Bonchev–Trinajstić information content (AvgIpc) is 2.62. The van der Waals surface area contributed by atoms with Crippen LogP contribution in [-0.4, -0.2) is 23.0 Å². The second kappa shape index (κ2) is 5.87. The summed E-state index contributed by atoms with van der Waals surface area (Å²) < 4.78 is 0. The monoisotopic (exact) mass is 227 g/mol. The topological polar surface area (TPSA) is 66.4 Å². The molecule has 1 amide bonds. The molecule has 0 aromatic heterocycles. The van der Waals surface area contributed by atoms with Crippen molar-refractivity contribution < 1.29 is 14.7 Å². The predicted molar refractivity (Wildman–Crippen MR) is 61.0 cm³/mol. The van der Waals surface area contributed by atoms with Gasteiger partial charge in [0.25, 0.3) is 0 Å². The van der Waals surface area contributed by atoms with Crippen molar-refractivity contribution in [3.63, 3.8) is 0 Å². The van der Waals surface area contributed by atoms with Crippen LogP contribution in [0.3, 0.4) is 0 Å². The molecule has 1 saturated carbocycles. The molecule has 0 spiro atoms. The summed E-state index contributed by atoms with van der Waals surface area (Å²) in [6, 6.07) is -0.224. The first-order valence-electron chi connectivity index (χ1n) is 6.06. The van der Waals surface area contributed by atoms with E-state index in [1.54, 1.807) is 0 Å². The molecular weight excluding hydrogens is 206 g/mol. The van der Waals surface area contributed by atoms with Gasteiger partial charge in [0, 0.05) is 12.0 Å². The first kappa shape index (κ1) is 13.0. The third kappa shape index (κ3) is 3.51. The lowest BCUT2D eigenvalue weighted by Gasteiger charge is -2.20. The minimum atomic E-state index is -0.855. The maximum Gasteiger partial charge on any atom is 0.305 e. The molecule has 0 aromatic rings. The number of hydrogen-bond acceptors (Lipinski definition) is 2. The Balaban J connectivity index is 2.45. The number of carboxylic acids is 1. The highest BCUT2D eigenvalue weighted by molar-refractivity contribution is 5.80. The van der Waals surface area contributed by atoms with Crippen LogP contribution in [0.15, 0.2) is 0 Å². The van der Waals surface area contributed by atoms with Crippen molar-refractivity contribution in [2.24, 2.45) is 11.8 Å². The molecule has 1 aliphatic carbocycles. The van der Waals surface area contributed by atoms with Gasteiger partial charge in [0.05, 0.1) is 6.42 Å². The molecule has 0 radical (unpaired) electrons. The number of carboxylic acid groups (broad SMARTS) is 1.